The van der Waals surface area contributed by atoms with Gasteiger partial charge in [-0.25, -0.2) is 0 Å². The molecule has 1 aromatic heterocycles. The second kappa shape index (κ2) is 6.70. The minimum Gasteiger partial charge on any atom is -0.354 e. The van der Waals surface area contributed by atoms with Gasteiger partial charge in [0.05, 0.1) is 17.8 Å². The highest BCUT2D eigenvalue weighted by molar-refractivity contribution is 6.00. The first-order valence-electron chi connectivity index (χ1n) is 8.43. The van der Waals surface area contributed by atoms with Gasteiger partial charge in [0.2, 0.25) is 11.8 Å². The van der Waals surface area contributed by atoms with Crippen LogP contribution in [0.1, 0.15) is 44.9 Å². The molecule has 1 aliphatic heterocycles. The lowest BCUT2D eigenvalue weighted by atomic mass is 9.91. The number of carbonyl (C=O) groups excluding carboxylic acids is 2. The topological polar surface area (TPSA) is 104 Å². The predicted octanol–water partition coefficient (Wildman–Crippen LogP) is 0.930. The summed E-state index contributed by atoms with van der Waals surface area (Å²) in [5.41, 5.74) is 6.85. The Labute approximate surface area is 136 Å². The molecule has 2 heterocycles. The molecule has 1 atom stereocenters. The first kappa shape index (κ1) is 16.0. The van der Waals surface area contributed by atoms with Crippen LogP contribution in [0.3, 0.4) is 0 Å². The van der Waals surface area contributed by atoms with Gasteiger partial charge in [-0.1, -0.05) is 25.7 Å². The van der Waals surface area contributed by atoms with Crippen LogP contribution in [-0.2, 0) is 9.59 Å². The van der Waals surface area contributed by atoms with Gasteiger partial charge in [0.15, 0.2) is 0 Å². The number of amides is 2. The van der Waals surface area contributed by atoms with E-state index in [9.17, 15) is 9.59 Å². The third-order valence-corrected chi connectivity index (χ3v) is 5.01. The van der Waals surface area contributed by atoms with Crippen LogP contribution >= 0.6 is 0 Å². The summed E-state index contributed by atoms with van der Waals surface area (Å²) in [7, 11) is 0. The maximum atomic E-state index is 12.4. The number of H-pyrrole nitrogens is 1. The Morgan fingerprint density at radius 1 is 1.39 bits per heavy atom. The van der Waals surface area contributed by atoms with E-state index < -0.39 is 0 Å². The Bertz CT molecular complexity index is 549. The van der Waals surface area contributed by atoms with E-state index in [1.165, 1.54) is 12.8 Å². The van der Waals surface area contributed by atoms with Gasteiger partial charge in [-0.2, -0.15) is 5.10 Å². The number of aromatic amines is 1. The summed E-state index contributed by atoms with van der Waals surface area (Å²) in [5.74, 6) is -0.423. The Balaban J connectivity index is 1.54. The molecule has 2 aliphatic rings. The third-order valence-electron chi connectivity index (χ3n) is 5.01. The molecule has 1 saturated carbocycles. The standard InChI is InChI=1S/C16H25N5O2/c17-16(5-3-1-2-4-6-16)11-18-15(23)12-7-14(22)21(10-12)13-8-19-20-9-13/h8-9,12H,1-7,10-11,17H2,(H,18,23)(H,19,20)/t12-/m1/s1. The summed E-state index contributed by atoms with van der Waals surface area (Å²) in [6.07, 6.45) is 10.1. The van der Waals surface area contributed by atoms with Gasteiger partial charge in [-0.15, -0.1) is 0 Å². The molecule has 1 aliphatic carbocycles. The fourth-order valence-corrected chi connectivity index (χ4v) is 3.54. The lowest BCUT2D eigenvalue weighted by molar-refractivity contribution is -0.126. The molecule has 126 valence electrons. The number of aromatic nitrogens is 2. The van der Waals surface area contributed by atoms with Crippen LogP contribution in [0.15, 0.2) is 12.4 Å². The molecular formula is C16H25N5O2. The molecule has 2 fully saturated rings. The van der Waals surface area contributed by atoms with Crippen LogP contribution in [0.25, 0.3) is 0 Å². The maximum absolute atomic E-state index is 12.4. The van der Waals surface area contributed by atoms with E-state index in [1.807, 2.05) is 0 Å². The molecule has 0 aromatic carbocycles. The van der Waals surface area contributed by atoms with Gasteiger partial charge in [-0.3, -0.25) is 14.7 Å². The van der Waals surface area contributed by atoms with Crippen LogP contribution < -0.4 is 16.0 Å². The third kappa shape index (κ3) is 3.72. The summed E-state index contributed by atoms with van der Waals surface area (Å²) in [6, 6.07) is 0. The first-order valence-corrected chi connectivity index (χ1v) is 8.43. The second-order valence-corrected chi connectivity index (χ2v) is 6.86. The zero-order valence-corrected chi connectivity index (χ0v) is 13.4. The molecular weight excluding hydrogens is 294 g/mol. The average Bonchev–Trinajstić information content (AvgIpc) is 3.13. The van der Waals surface area contributed by atoms with Crippen molar-refractivity contribution in [3.05, 3.63) is 12.4 Å². The molecule has 0 radical (unpaired) electrons. The van der Waals surface area contributed by atoms with Crippen molar-refractivity contribution in [2.45, 2.75) is 50.5 Å². The van der Waals surface area contributed by atoms with Crippen molar-refractivity contribution in [3.63, 3.8) is 0 Å². The SMILES string of the molecule is NC1(CNC(=O)[C@@H]2CC(=O)N(c3cn[nH]c3)C2)CCCCCC1. The molecule has 1 saturated heterocycles. The van der Waals surface area contributed by atoms with Crippen LogP contribution in [0, 0.1) is 5.92 Å². The highest BCUT2D eigenvalue weighted by Gasteiger charge is 2.36. The number of anilines is 1. The molecule has 0 unspecified atom stereocenters. The highest BCUT2D eigenvalue weighted by atomic mass is 16.2. The molecule has 0 spiro atoms. The Morgan fingerprint density at radius 2 is 2.13 bits per heavy atom. The van der Waals surface area contributed by atoms with E-state index in [0.29, 0.717) is 18.8 Å². The minimum absolute atomic E-state index is 0.0384. The first-order chi connectivity index (χ1) is 11.1. The van der Waals surface area contributed by atoms with Crippen molar-refractivity contribution < 1.29 is 9.59 Å². The fourth-order valence-electron chi connectivity index (χ4n) is 3.54. The molecule has 3 rings (SSSR count). The summed E-state index contributed by atoms with van der Waals surface area (Å²) < 4.78 is 0. The Morgan fingerprint density at radius 3 is 2.78 bits per heavy atom. The van der Waals surface area contributed by atoms with E-state index in [2.05, 4.69) is 15.5 Å². The summed E-state index contributed by atoms with van der Waals surface area (Å²) >= 11 is 0. The fraction of sp³-hybridized carbons (Fsp3) is 0.688. The predicted molar refractivity (Wildman–Crippen MR) is 86.7 cm³/mol. The molecule has 2 amide bonds. The van der Waals surface area contributed by atoms with Crippen molar-refractivity contribution in [2.24, 2.45) is 11.7 Å². The molecule has 7 heteroatoms. The van der Waals surface area contributed by atoms with E-state index in [1.54, 1.807) is 17.3 Å². The van der Waals surface area contributed by atoms with Crippen LogP contribution in [0.2, 0.25) is 0 Å². The number of rotatable bonds is 4. The molecule has 1 aromatic rings. The average molecular weight is 319 g/mol. The Kier molecular flexibility index (Phi) is 4.66. The quantitative estimate of drug-likeness (QED) is 0.718. The molecule has 4 N–H and O–H groups in total. The lowest BCUT2D eigenvalue weighted by Gasteiger charge is -2.28. The van der Waals surface area contributed by atoms with Crippen molar-refractivity contribution in [1.29, 1.82) is 0 Å². The van der Waals surface area contributed by atoms with Gasteiger partial charge in [0.25, 0.3) is 0 Å². The second-order valence-electron chi connectivity index (χ2n) is 6.86. The number of carbonyl (C=O) groups is 2. The van der Waals surface area contributed by atoms with Gasteiger partial charge in [-0.05, 0) is 12.8 Å². The minimum atomic E-state index is -0.313. The van der Waals surface area contributed by atoms with Gasteiger partial charge >= 0.3 is 0 Å². The highest BCUT2D eigenvalue weighted by Crippen LogP contribution is 2.26. The smallest absolute Gasteiger partial charge is 0.227 e. The summed E-state index contributed by atoms with van der Waals surface area (Å²) in [4.78, 5) is 26.1. The number of hydrogen-bond acceptors (Lipinski definition) is 4. The van der Waals surface area contributed by atoms with E-state index in [-0.39, 0.29) is 29.7 Å². The molecule has 7 nitrogen and oxygen atoms in total. The van der Waals surface area contributed by atoms with Gasteiger partial charge in [0, 0.05) is 31.2 Å². The van der Waals surface area contributed by atoms with Crippen molar-refractivity contribution >= 4 is 17.5 Å². The zero-order chi connectivity index (χ0) is 16.3. The lowest BCUT2D eigenvalue weighted by Crippen LogP contribution is -2.51. The van der Waals surface area contributed by atoms with Gasteiger partial charge in [0.1, 0.15) is 0 Å². The maximum Gasteiger partial charge on any atom is 0.227 e. The van der Waals surface area contributed by atoms with Gasteiger partial charge < -0.3 is 16.0 Å². The number of hydrogen-bond donors (Lipinski definition) is 3. The van der Waals surface area contributed by atoms with Crippen LogP contribution in [0.5, 0.6) is 0 Å². The largest absolute Gasteiger partial charge is 0.354 e. The van der Waals surface area contributed by atoms with Crippen LogP contribution in [-0.4, -0.2) is 40.6 Å². The normalized spacial score (nSPS) is 24.5. The van der Waals surface area contributed by atoms with E-state index >= 15 is 0 Å². The number of nitrogens with one attached hydrogen (secondary N) is 2. The Hall–Kier alpha value is -1.89. The van der Waals surface area contributed by atoms with E-state index in [0.717, 1.165) is 25.7 Å². The van der Waals surface area contributed by atoms with E-state index in [4.69, 9.17) is 5.73 Å². The van der Waals surface area contributed by atoms with Crippen LogP contribution in [0.4, 0.5) is 5.69 Å². The monoisotopic (exact) mass is 319 g/mol. The molecule has 23 heavy (non-hydrogen) atoms. The molecule has 0 bridgehead atoms. The van der Waals surface area contributed by atoms with Crippen molar-refractivity contribution in [1.82, 2.24) is 15.5 Å². The summed E-state index contributed by atoms with van der Waals surface area (Å²) in [6.45, 7) is 0.907. The number of nitrogens with zero attached hydrogens (tertiary/aromatic N) is 2. The van der Waals surface area contributed by atoms with Crippen molar-refractivity contribution in [2.75, 3.05) is 18.0 Å². The zero-order valence-electron chi connectivity index (χ0n) is 13.4. The summed E-state index contributed by atoms with van der Waals surface area (Å²) in [5, 5.41) is 9.52. The number of nitrogens with two attached hydrogens (primary N) is 1. The van der Waals surface area contributed by atoms with Crippen molar-refractivity contribution in [3.8, 4) is 0 Å².